The zero-order valence-electron chi connectivity index (χ0n) is 14.4. The third kappa shape index (κ3) is 4.14. The fourth-order valence-electron chi connectivity index (χ4n) is 2.84. The van der Waals surface area contributed by atoms with Crippen molar-refractivity contribution in [2.75, 3.05) is 30.9 Å². The molecule has 1 fully saturated rings. The number of hydrogen-bond acceptors (Lipinski definition) is 7. The van der Waals surface area contributed by atoms with E-state index in [1.807, 2.05) is 20.1 Å². The maximum Gasteiger partial charge on any atom is 0.235 e. The highest BCUT2D eigenvalue weighted by molar-refractivity contribution is 7.98. The molecule has 2 aromatic rings. The number of piperidine rings is 1. The molecule has 0 bridgehead atoms. The van der Waals surface area contributed by atoms with Gasteiger partial charge in [-0.25, -0.2) is 15.0 Å². The minimum absolute atomic E-state index is 0.547. The second-order valence-corrected chi connectivity index (χ2v) is 6.82. The fourth-order valence-corrected chi connectivity index (χ4v) is 3.26. The van der Waals surface area contributed by atoms with Gasteiger partial charge in [0, 0.05) is 37.2 Å². The Kier molecular flexibility index (Phi) is 5.50. The second-order valence-electron chi connectivity index (χ2n) is 6.04. The molecule has 6 nitrogen and oxygen atoms in total. The highest BCUT2D eigenvalue weighted by Crippen LogP contribution is 2.24. The van der Waals surface area contributed by atoms with E-state index in [1.54, 1.807) is 24.2 Å². The molecule has 0 aromatic carbocycles. The summed E-state index contributed by atoms with van der Waals surface area (Å²) < 4.78 is 5.85. The van der Waals surface area contributed by atoms with E-state index in [-0.39, 0.29) is 0 Å². The van der Waals surface area contributed by atoms with E-state index in [2.05, 4.69) is 30.9 Å². The molecule has 0 aliphatic carbocycles. The summed E-state index contributed by atoms with van der Waals surface area (Å²) in [6, 6.07) is 2.07. The van der Waals surface area contributed by atoms with Crippen LogP contribution >= 0.6 is 11.8 Å². The molecule has 3 rings (SSSR count). The van der Waals surface area contributed by atoms with Crippen LogP contribution in [0, 0.1) is 19.8 Å². The average molecular weight is 345 g/mol. The van der Waals surface area contributed by atoms with Crippen molar-refractivity contribution in [3.63, 3.8) is 0 Å². The lowest BCUT2D eigenvalue weighted by atomic mass is 9.98. The van der Waals surface area contributed by atoms with Crippen molar-refractivity contribution < 1.29 is 4.74 Å². The number of rotatable bonds is 5. The zero-order valence-corrected chi connectivity index (χ0v) is 15.2. The smallest absolute Gasteiger partial charge is 0.235 e. The molecule has 0 amide bonds. The largest absolute Gasteiger partial charge is 0.476 e. The number of aromatic nitrogens is 4. The van der Waals surface area contributed by atoms with Crippen LogP contribution in [0.1, 0.15) is 24.2 Å². The van der Waals surface area contributed by atoms with Gasteiger partial charge in [0.2, 0.25) is 5.88 Å². The summed E-state index contributed by atoms with van der Waals surface area (Å²) in [6.07, 6.45) is 7.56. The van der Waals surface area contributed by atoms with Crippen molar-refractivity contribution in [1.29, 1.82) is 0 Å². The van der Waals surface area contributed by atoms with Crippen molar-refractivity contribution in [2.24, 2.45) is 5.92 Å². The molecule has 1 saturated heterocycles. The van der Waals surface area contributed by atoms with Gasteiger partial charge < -0.3 is 9.64 Å². The maximum atomic E-state index is 5.85. The predicted molar refractivity (Wildman–Crippen MR) is 95.8 cm³/mol. The van der Waals surface area contributed by atoms with Crippen LogP contribution in [0.25, 0.3) is 0 Å². The molecule has 7 heteroatoms. The molecular weight excluding hydrogens is 322 g/mol. The van der Waals surface area contributed by atoms with Gasteiger partial charge in [0.15, 0.2) is 5.16 Å². The average Bonchev–Trinajstić information content (AvgIpc) is 2.61. The number of thioether (sulfide) groups is 1. The number of anilines is 1. The summed E-state index contributed by atoms with van der Waals surface area (Å²) in [5, 5.41) is 0.841. The standard InChI is InChI=1S/C17H23N5OS/c1-12-10-15(21-17(20-12)24-3)22-8-4-14(5-9-22)11-23-16-13(2)18-6-7-19-16/h6-7,10,14H,4-5,8-9,11H2,1-3H3. The molecule has 0 spiro atoms. The summed E-state index contributed by atoms with van der Waals surface area (Å²) in [7, 11) is 0. The Bertz CT molecular complexity index is 688. The normalized spacial score (nSPS) is 15.5. The monoisotopic (exact) mass is 345 g/mol. The Morgan fingerprint density at radius 2 is 1.92 bits per heavy atom. The number of nitrogens with zero attached hydrogens (tertiary/aromatic N) is 5. The highest BCUT2D eigenvalue weighted by atomic mass is 32.2. The van der Waals surface area contributed by atoms with Crippen LogP contribution < -0.4 is 9.64 Å². The van der Waals surface area contributed by atoms with Gasteiger partial charge in [0.25, 0.3) is 0 Å². The fraction of sp³-hybridized carbons (Fsp3) is 0.529. The van der Waals surface area contributed by atoms with Gasteiger partial charge in [-0.2, -0.15) is 0 Å². The quantitative estimate of drug-likeness (QED) is 0.610. The van der Waals surface area contributed by atoms with Crippen LogP contribution in [0.4, 0.5) is 5.82 Å². The van der Waals surface area contributed by atoms with Crippen LogP contribution in [0.5, 0.6) is 5.88 Å². The van der Waals surface area contributed by atoms with E-state index in [1.165, 1.54) is 0 Å². The molecule has 0 atom stereocenters. The van der Waals surface area contributed by atoms with Crippen molar-refractivity contribution in [1.82, 2.24) is 19.9 Å². The zero-order chi connectivity index (χ0) is 16.9. The van der Waals surface area contributed by atoms with Gasteiger partial charge in [0.05, 0.1) is 12.3 Å². The topological polar surface area (TPSA) is 64.0 Å². The number of ether oxygens (including phenoxy) is 1. The molecule has 0 N–H and O–H groups in total. The van der Waals surface area contributed by atoms with E-state index in [0.29, 0.717) is 18.4 Å². The highest BCUT2D eigenvalue weighted by Gasteiger charge is 2.21. The minimum Gasteiger partial charge on any atom is -0.476 e. The van der Waals surface area contributed by atoms with Crippen molar-refractivity contribution in [2.45, 2.75) is 31.8 Å². The Hall–Kier alpha value is -1.89. The summed E-state index contributed by atoms with van der Waals surface area (Å²) in [6.45, 7) is 6.64. The molecule has 3 heterocycles. The van der Waals surface area contributed by atoms with E-state index in [0.717, 1.165) is 48.3 Å². The van der Waals surface area contributed by atoms with Crippen molar-refractivity contribution in [3.8, 4) is 5.88 Å². The molecule has 1 aliphatic rings. The molecule has 0 radical (unpaired) electrons. The minimum atomic E-state index is 0.547. The van der Waals surface area contributed by atoms with Gasteiger partial charge in [-0.1, -0.05) is 11.8 Å². The van der Waals surface area contributed by atoms with Gasteiger partial charge in [-0.15, -0.1) is 0 Å². The molecular formula is C17H23N5OS. The maximum absolute atomic E-state index is 5.85. The van der Waals surface area contributed by atoms with Crippen molar-refractivity contribution in [3.05, 3.63) is 29.8 Å². The second kappa shape index (κ2) is 7.79. The lowest BCUT2D eigenvalue weighted by Crippen LogP contribution is -2.36. The lowest BCUT2D eigenvalue weighted by Gasteiger charge is -2.32. The first-order valence-corrected chi connectivity index (χ1v) is 9.43. The summed E-state index contributed by atoms with van der Waals surface area (Å²) in [5.41, 5.74) is 1.86. The summed E-state index contributed by atoms with van der Waals surface area (Å²) in [5.74, 6) is 2.23. The van der Waals surface area contributed by atoms with Crippen LogP contribution in [-0.2, 0) is 0 Å². The molecule has 1 aliphatic heterocycles. The van der Waals surface area contributed by atoms with E-state index in [4.69, 9.17) is 4.74 Å². The Balaban J connectivity index is 1.54. The lowest BCUT2D eigenvalue weighted by molar-refractivity contribution is 0.214. The first-order chi connectivity index (χ1) is 11.7. The SMILES string of the molecule is CSc1nc(C)cc(N2CCC(COc3nccnc3C)CC2)n1. The van der Waals surface area contributed by atoms with Gasteiger partial charge >= 0.3 is 0 Å². The van der Waals surface area contributed by atoms with Crippen LogP contribution in [0.15, 0.2) is 23.6 Å². The Labute approximate surface area is 147 Å². The van der Waals surface area contributed by atoms with Gasteiger partial charge in [-0.3, -0.25) is 4.98 Å². The summed E-state index contributed by atoms with van der Waals surface area (Å²) in [4.78, 5) is 19.9. The molecule has 128 valence electrons. The molecule has 0 saturated carbocycles. The Morgan fingerprint density at radius 1 is 1.17 bits per heavy atom. The van der Waals surface area contributed by atoms with Crippen LogP contribution in [0.2, 0.25) is 0 Å². The number of aryl methyl sites for hydroxylation is 2. The first kappa shape index (κ1) is 17.0. The van der Waals surface area contributed by atoms with Crippen molar-refractivity contribution >= 4 is 17.6 Å². The van der Waals surface area contributed by atoms with Gasteiger partial charge in [0.1, 0.15) is 5.82 Å². The first-order valence-electron chi connectivity index (χ1n) is 8.20. The van der Waals surface area contributed by atoms with E-state index < -0.39 is 0 Å². The third-order valence-electron chi connectivity index (χ3n) is 4.23. The van der Waals surface area contributed by atoms with Crippen LogP contribution in [-0.4, -0.2) is 45.9 Å². The van der Waals surface area contributed by atoms with Crippen LogP contribution in [0.3, 0.4) is 0 Å². The molecule has 24 heavy (non-hydrogen) atoms. The molecule has 0 unspecified atom stereocenters. The van der Waals surface area contributed by atoms with E-state index in [9.17, 15) is 0 Å². The van der Waals surface area contributed by atoms with E-state index >= 15 is 0 Å². The van der Waals surface area contributed by atoms with Gasteiger partial charge in [-0.05, 0) is 38.9 Å². The summed E-state index contributed by atoms with van der Waals surface area (Å²) >= 11 is 1.59. The Morgan fingerprint density at radius 3 is 2.62 bits per heavy atom. The predicted octanol–water partition coefficient (Wildman–Crippen LogP) is 2.90. The molecule has 2 aromatic heterocycles. The number of hydrogen-bond donors (Lipinski definition) is 0. The third-order valence-corrected chi connectivity index (χ3v) is 4.78.